The molecule has 114 valence electrons. The number of rotatable bonds is 2. The molecule has 1 heterocycles. The van der Waals surface area contributed by atoms with Crippen LogP contribution in [0.25, 0.3) is 0 Å². The van der Waals surface area contributed by atoms with Crippen LogP contribution in [-0.2, 0) is 14.4 Å². The zero-order valence-corrected chi connectivity index (χ0v) is 11.0. The van der Waals surface area contributed by atoms with Gasteiger partial charge in [0, 0.05) is 12.6 Å². The van der Waals surface area contributed by atoms with E-state index < -0.39 is 12.1 Å². The van der Waals surface area contributed by atoms with Crippen molar-refractivity contribution in [2.24, 2.45) is 0 Å². The van der Waals surface area contributed by atoms with Gasteiger partial charge in [-0.05, 0) is 12.8 Å². The Hall–Kier alpha value is -1.31. The van der Waals surface area contributed by atoms with Gasteiger partial charge in [-0.3, -0.25) is 4.79 Å². The van der Waals surface area contributed by atoms with Crippen molar-refractivity contribution in [3.05, 3.63) is 0 Å². The van der Waals surface area contributed by atoms with E-state index in [4.69, 9.17) is 0 Å². The second kappa shape index (κ2) is 5.99. The van der Waals surface area contributed by atoms with Crippen LogP contribution in [-0.4, -0.2) is 53.7 Å². The number of carbonyl (C=O) groups excluding carboxylic acids is 2. The topological polar surface area (TPSA) is 49.9 Å². The van der Waals surface area contributed by atoms with E-state index in [1.807, 2.05) is 0 Å². The molecule has 1 saturated carbocycles. The lowest BCUT2D eigenvalue weighted by atomic mass is 9.94. The van der Waals surface area contributed by atoms with Crippen LogP contribution >= 0.6 is 0 Å². The first kappa shape index (κ1) is 15.1. The maximum Gasteiger partial charge on any atom is 0.492 e. The number of hydroxylamine groups is 2. The Balaban J connectivity index is 1.86. The van der Waals surface area contributed by atoms with Gasteiger partial charge in [0.05, 0.1) is 6.54 Å². The number of alkyl halides is 3. The lowest BCUT2D eigenvalue weighted by Crippen LogP contribution is -2.55. The number of hydrogen-bond donors (Lipinski definition) is 0. The fourth-order valence-electron chi connectivity index (χ4n) is 2.69. The van der Waals surface area contributed by atoms with Crippen LogP contribution in [0.1, 0.15) is 32.1 Å². The largest absolute Gasteiger partial charge is 0.492 e. The number of piperazine rings is 1. The summed E-state index contributed by atoms with van der Waals surface area (Å²) in [5, 5.41) is 0.789. The average Bonchev–Trinajstić information content (AvgIpc) is 2.38. The fraction of sp³-hybridized carbons (Fsp3) is 0.833. The van der Waals surface area contributed by atoms with Crippen LogP contribution in [0, 0.1) is 0 Å². The molecule has 20 heavy (non-hydrogen) atoms. The Labute approximate surface area is 114 Å². The van der Waals surface area contributed by atoms with Crippen LogP contribution in [0.2, 0.25) is 0 Å². The first-order valence-electron chi connectivity index (χ1n) is 6.71. The lowest BCUT2D eigenvalue weighted by molar-refractivity contribution is -0.242. The van der Waals surface area contributed by atoms with Gasteiger partial charge in [0.25, 0.3) is 0 Å². The molecule has 1 aliphatic heterocycles. The highest BCUT2D eigenvalue weighted by molar-refractivity contribution is 5.80. The standard InChI is InChI=1S/C12H17F3N2O3/c13-12(14,15)11(19)20-16-6-7-17(10(18)8-16)9-4-2-1-3-5-9/h9H,1-8H2. The van der Waals surface area contributed by atoms with Crippen molar-refractivity contribution in [1.29, 1.82) is 0 Å². The Morgan fingerprint density at radius 1 is 1.15 bits per heavy atom. The van der Waals surface area contributed by atoms with E-state index in [0.717, 1.165) is 37.2 Å². The van der Waals surface area contributed by atoms with E-state index >= 15 is 0 Å². The van der Waals surface area contributed by atoms with E-state index in [9.17, 15) is 22.8 Å². The molecule has 5 nitrogen and oxygen atoms in total. The Kier molecular flexibility index (Phi) is 4.52. The molecule has 0 radical (unpaired) electrons. The van der Waals surface area contributed by atoms with Gasteiger partial charge in [-0.1, -0.05) is 19.3 Å². The highest BCUT2D eigenvalue weighted by Gasteiger charge is 2.43. The Morgan fingerprint density at radius 3 is 2.35 bits per heavy atom. The SMILES string of the molecule is O=C1CN(OC(=O)C(F)(F)F)CCN1C1CCCCC1. The van der Waals surface area contributed by atoms with Gasteiger partial charge in [0.1, 0.15) is 6.54 Å². The molecule has 0 aromatic rings. The number of halogens is 3. The third-order valence-electron chi connectivity index (χ3n) is 3.68. The quantitative estimate of drug-likeness (QED) is 0.774. The minimum atomic E-state index is -5.04. The van der Waals surface area contributed by atoms with Gasteiger partial charge in [0.15, 0.2) is 0 Å². The highest BCUT2D eigenvalue weighted by atomic mass is 19.4. The Bertz CT molecular complexity index is 381. The van der Waals surface area contributed by atoms with Crippen molar-refractivity contribution in [2.75, 3.05) is 19.6 Å². The molecule has 1 saturated heterocycles. The van der Waals surface area contributed by atoms with E-state index in [-0.39, 0.29) is 25.0 Å². The molecular weight excluding hydrogens is 277 g/mol. The second-order valence-corrected chi connectivity index (χ2v) is 5.12. The van der Waals surface area contributed by atoms with Crippen LogP contribution < -0.4 is 0 Å². The van der Waals surface area contributed by atoms with E-state index in [1.54, 1.807) is 4.90 Å². The highest BCUT2D eigenvalue weighted by Crippen LogP contribution is 2.24. The summed E-state index contributed by atoms with van der Waals surface area (Å²) in [6.45, 7) is 0.108. The first-order valence-corrected chi connectivity index (χ1v) is 6.71. The number of nitrogens with zero attached hydrogens (tertiary/aromatic N) is 2. The summed E-state index contributed by atoms with van der Waals surface area (Å²) in [6, 6.07) is 0.178. The summed E-state index contributed by atoms with van der Waals surface area (Å²) in [4.78, 5) is 28.5. The predicted molar refractivity (Wildman–Crippen MR) is 62.3 cm³/mol. The van der Waals surface area contributed by atoms with Crippen molar-refractivity contribution in [2.45, 2.75) is 44.3 Å². The molecule has 1 aliphatic carbocycles. The van der Waals surface area contributed by atoms with Crippen LogP contribution in [0.3, 0.4) is 0 Å². The van der Waals surface area contributed by atoms with Crippen molar-refractivity contribution >= 4 is 11.9 Å². The fourth-order valence-corrected chi connectivity index (χ4v) is 2.69. The van der Waals surface area contributed by atoms with Gasteiger partial charge in [-0.2, -0.15) is 13.2 Å². The molecule has 0 unspecified atom stereocenters. The van der Waals surface area contributed by atoms with Crippen molar-refractivity contribution < 1.29 is 27.6 Å². The predicted octanol–water partition coefficient (Wildman–Crippen LogP) is 1.48. The summed E-state index contributed by atoms with van der Waals surface area (Å²) < 4.78 is 36.2. The molecule has 2 aliphatic rings. The molecule has 0 atom stereocenters. The monoisotopic (exact) mass is 294 g/mol. The first-order chi connectivity index (χ1) is 9.38. The normalized spacial score (nSPS) is 22.9. The van der Waals surface area contributed by atoms with E-state index in [1.165, 1.54) is 0 Å². The van der Waals surface area contributed by atoms with Crippen LogP contribution in [0.5, 0.6) is 0 Å². The van der Waals surface area contributed by atoms with Crippen LogP contribution in [0.4, 0.5) is 13.2 Å². The number of hydrogen-bond acceptors (Lipinski definition) is 4. The summed E-state index contributed by atoms with van der Waals surface area (Å²) >= 11 is 0. The van der Waals surface area contributed by atoms with Crippen LogP contribution in [0.15, 0.2) is 0 Å². The molecule has 1 amide bonds. The van der Waals surface area contributed by atoms with Gasteiger partial charge in [-0.15, -0.1) is 5.06 Å². The van der Waals surface area contributed by atoms with Crippen molar-refractivity contribution in [3.8, 4) is 0 Å². The Morgan fingerprint density at radius 2 is 1.80 bits per heavy atom. The van der Waals surface area contributed by atoms with Gasteiger partial charge >= 0.3 is 12.1 Å². The smallest absolute Gasteiger partial charge is 0.360 e. The average molecular weight is 294 g/mol. The summed E-state index contributed by atoms with van der Waals surface area (Å²) in [6.07, 6.45) is 0.141. The number of amides is 1. The molecule has 0 aromatic heterocycles. The van der Waals surface area contributed by atoms with Crippen molar-refractivity contribution in [3.63, 3.8) is 0 Å². The zero-order valence-electron chi connectivity index (χ0n) is 11.0. The van der Waals surface area contributed by atoms with Gasteiger partial charge in [0.2, 0.25) is 5.91 Å². The lowest BCUT2D eigenvalue weighted by Gasteiger charge is -2.39. The molecule has 8 heteroatoms. The molecule has 2 fully saturated rings. The minimum Gasteiger partial charge on any atom is -0.360 e. The zero-order chi connectivity index (χ0) is 14.8. The summed E-state index contributed by atoms with van der Waals surface area (Å²) in [5.41, 5.74) is 0. The third-order valence-corrected chi connectivity index (χ3v) is 3.68. The molecule has 0 N–H and O–H groups in total. The molecule has 0 spiro atoms. The van der Waals surface area contributed by atoms with E-state index in [2.05, 4.69) is 4.84 Å². The molecule has 2 rings (SSSR count). The summed E-state index contributed by atoms with van der Waals surface area (Å²) in [7, 11) is 0. The minimum absolute atomic E-state index is 0.115. The molecule has 0 aromatic carbocycles. The van der Waals surface area contributed by atoms with Crippen molar-refractivity contribution in [1.82, 2.24) is 9.96 Å². The number of carbonyl (C=O) groups is 2. The third kappa shape index (κ3) is 3.62. The molecular formula is C12H17F3N2O3. The second-order valence-electron chi connectivity index (χ2n) is 5.12. The van der Waals surface area contributed by atoms with Gasteiger partial charge < -0.3 is 9.74 Å². The maximum atomic E-state index is 12.1. The molecule has 0 bridgehead atoms. The maximum absolute atomic E-state index is 12.1. The van der Waals surface area contributed by atoms with E-state index in [0.29, 0.717) is 6.54 Å². The van der Waals surface area contributed by atoms with Gasteiger partial charge in [-0.25, -0.2) is 4.79 Å². The summed E-state index contributed by atoms with van der Waals surface area (Å²) in [5.74, 6) is -2.56.